The van der Waals surface area contributed by atoms with Crippen molar-refractivity contribution in [1.82, 2.24) is 0 Å². The first-order valence-corrected chi connectivity index (χ1v) is 5.99. The van der Waals surface area contributed by atoms with E-state index in [1.807, 2.05) is 0 Å². The highest BCUT2D eigenvalue weighted by molar-refractivity contribution is 6.26. The zero-order valence-electron chi connectivity index (χ0n) is 8.64. The van der Waals surface area contributed by atoms with Crippen molar-refractivity contribution in [2.75, 3.05) is 5.88 Å². The average Bonchev–Trinajstić information content (AvgIpc) is 2.87. The van der Waals surface area contributed by atoms with Crippen LogP contribution >= 0.6 is 11.6 Å². The summed E-state index contributed by atoms with van der Waals surface area (Å²) in [4.78, 5) is 11.2. The normalized spacial score (nSPS) is 40.1. The summed E-state index contributed by atoms with van der Waals surface area (Å²) in [5.41, 5.74) is 0.193. The molecule has 2 rings (SSSR count). The van der Waals surface area contributed by atoms with E-state index < -0.39 is 0 Å². The van der Waals surface area contributed by atoms with Gasteiger partial charge in [-0.05, 0) is 32.1 Å². The molecule has 0 spiro atoms. The number of rotatable bonds is 3. The molecule has 0 bridgehead atoms. The molecule has 14 heavy (non-hydrogen) atoms. The van der Waals surface area contributed by atoms with Gasteiger partial charge >= 0.3 is 5.97 Å². The Labute approximate surface area is 90.0 Å². The van der Waals surface area contributed by atoms with Gasteiger partial charge in [0.05, 0.1) is 0 Å². The van der Waals surface area contributed by atoms with E-state index in [0.29, 0.717) is 5.41 Å². The van der Waals surface area contributed by atoms with E-state index in [1.54, 1.807) is 0 Å². The number of carbonyl (C=O) groups is 1. The number of alkyl halides is 1. The zero-order chi connectivity index (χ0) is 10.2. The predicted octanol–water partition coefficient (Wildman–Crippen LogP) is 2.88. The number of esters is 1. The quantitative estimate of drug-likeness (QED) is 0.536. The minimum absolute atomic E-state index is 0.0124. The molecule has 2 nitrogen and oxygen atoms in total. The van der Waals surface area contributed by atoms with Crippen molar-refractivity contribution >= 4 is 17.6 Å². The fourth-order valence-electron chi connectivity index (χ4n) is 3.11. The van der Waals surface area contributed by atoms with Gasteiger partial charge in [0.15, 0.2) is 0 Å². The molecule has 0 amide bonds. The Morgan fingerprint density at radius 3 is 2.79 bits per heavy atom. The number of hydrogen-bond donors (Lipinski definition) is 0. The molecule has 0 heterocycles. The van der Waals surface area contributed by atoms with Gasteiger partial charge in [-0.15, -0.1) is 11.6 Å². The van der Waals surface area contributed by atoms with Crippen LogP contribution in [0.5, 0.6) is 0 Å². The second-order valence-electron chi connectivity index (χ2n) is 4.62. The lowest BCUT2D eigenvalue weighted by molar-refractivity contribution is -0.152. The summed E-state index contributed by atoms with van der Waals surface area (Å²) in [6.45, 7) is 2.20. The Balaban J connectivity index is 2.05. The number of ether oxygens (including phenoxy) is 1. The molecule has 2 aliphatic rings. The smallest absolute Gasteiger partial charge is 0.321 e. The summed E-state index contributed by atoms with van der Waals surface area (Å²) in [7, 11) is 0. The number of hydrogen-bond acceptors (Lipinski definition) is 2. The standard InChI is InChI=1S/C11H17ClO2/c1-2-10-5-3-4-6-11(10,8-10)14-9(13)7-12/h2-8H2,1H3. The summed E-state index contributed by atoms with van der Waals surface area (Å²) in [5.74, 6) is -0.259. The largest absolute Gasteiger partial charge is 0.458 e. The van der Waals surface area contributed by atoms with Crippen LogP contribution in [0.2, 0.25) is 0 Å². The van der Waals surface area contributed by atoms with E-state index >= 15 is 0 Å². The monoisotopic (exact) mass is 216 g/mol. The molecule has 0 aromatic heterocycles. The summed E-state index contributed by atoms with van der Waals surface area (Å²) >= 11 is 5.47. The van der Waals surface area contributed by atoms with Gasteiger partial charge in [-0.2, -0.15) is 0 Å². The van der Waals surface area contributed by atoms with Crippen LogP contribution in [-0.2, 0) is 9.53 Å². The SMILES string of the molecule is CCC12CCCCC1(OC(=O)CCl)C2. The Hall–Kier alpha value is -0.240. The minimum Gasteiger partial charge on any atom is -0.458 e. The van der Waals surface area contributed by atoms with Crippen molar-refractivity contribution in [1.29, 1.82) is 0 Å². The highest BCUT2D eigenvalue weighted by Crippen LogP contribution is 2.68. The third-order valence-electron chi connectivity index (χ3n) is 4.05. The molecule has 2 fully saturated rings. The highest BCUT2D eigenvalue weighted by atomic mass is 35.5. The Morgan fingerprint density at radius 2 is 2.14 bits per heavy atom. The maximum Gasteiger partial charge on any atom is 0.321 e. The van der Waals surface area contributed by atoms with Gasteiger partial charge in [0.25, 0.3) is 0 Å². The van der Waals surface area contributed by atoms with E-state index in [1.165, 1.54) is 19.3 Å². The molecular weight excluding hydrogens is 200 g/mol. The van der Waals surface area contributed by atoms with Crippen LogP contribution in [0, 0.1) is 5.41 Å². The fraction of sp³-hybridized carbons (Fsp3) is 0.909. The lowest BCUT2D eigenvalue weighted by Crippen LogP contribution is -2.30. The molecule has 0 N–H and O–H groups in total. The predicted molar refractivity (Wildman–Crippen MR) is 55.4 cm³/mol. The number of halogens is 1. The molecule has 0 aliphatic heterocycles. The Morgan fingerprint density at radius 1 is 1.43 bits per heavy atom. The Kier molecular flexibility index (Phi) is 2.50. The molecule has 2 saturated carbocycles. The summed E-state index contributed by atoms with van der Waals surface area (Å²) in [5, 5.41) is 0. The van der Waals surface area contributed by atoms with E-state index in [0.717, 1.165) is 19.3 Å². The molecule has 0 saturated heterocycles. The highest BCUT2D eigenvalue weighted by Gasteiger charge is 2.69. The van der Waals surface area contributed by atoms with Crippen LogP contribution in [0.3, 0.4) is 0 Å². The molecule has 80 valence electrons. The van der Waals surface area contributed by atoms with Gasteiger partial charge in [0.1, 0.15) is 11.5 Å². The van der Waals surface area contributed by atoms with E-state index in [4.69, 9.17) is 16.3 Å². The van der Waals surface area contributed by atoms with Gasteiger partial charge in [-0.25, -0.2) is 0 Å². The van der Waals surface area contributed by atoms with Crippen molar-refractivity contribution in [3.63, 3.8) is 0 Å². The minimum atomic E-state index is -0.246. The molecular formula is C11H17ClO2. The average molecular weight is 217 g/mol. The zero-order valence-corrected chi connectivity index (χ0v) is 9.40. The van der Waals surface area contributed by atoms with E-state index in [2.05, 4.69) is 6.92 Å². The molecule has 0 aromatic carbocycles. The topological polar surface area (TPSA) is 26.3 Å². The van der Waals surface area contributed by atoms with Crippen LogP contribution in [0.4, 0.5) is 0 Å². The summed E-state index contributed by atoms with van der Waals surface area (Å²) < 4.78 is 5.53. The van der Waals surface area contributed by atoms with E-state index in [-0.39, 0.29) is 17.5 Å². The molecule has 3 heteroatoms. The van der Waals surface area contributed by atoms with Crippen LogP contribution in [0.1, 0.15) is 45.4 Å². The second-order valence-corrected chi connectivity index (χ2v) is 4.89. The first-order chi connectivity index (χ1) is 6.68. The van der Waals surface area contributed by atoms with Gasteiger partial charge in [-0.3, -0.25) is 4.79 Å². The Bertz CT molecular complexity index is 254. The lowest BCUT2D eigenvalue weighted by Gasteiger charge is -2.29. The number of carbonyl (C=O) groups excluding carboxylic acids is 1. The molecule has 0 aromatic rings. The van der Waals surface area contributed by atoms with E-state index in [9.17, 15) is 4.79 Å². The van der Waals surface area contributed by atoms with Gasteiger partial charge in [0, 0.05) is 5.41 Å². The van der Waals surface area contributed by atoms with Crippen molar-refractivity contribution in [3.8, 4) is 0 Å². The van der Waals surface area contributed by atoms with Gasteiger partial charge in [0.2, 0.25) is 0 Å². The molecule has 0 radical (unpaired) electrons. The van der Waals surface area contributed by atoms with Crippen molar-refractivity contribution in [2.45, 2.75) is 51.0 Å². The number of fused-ring (bicyclic) bond motifs is 1. The van der Waals surface area contributed by atoms with Gasteiger partial charge < -0.3 is 4.74 Å². The van der Waals surface area contributed by atoms with Crippen molar-refractivity contribution in [2.24, 2.45) is 5.41 Å². The maximum atomic E-state index is 11.2. The van der Waals surface area contributed by atoms with Crippen LogP contribution in [-0.4, -0.2) is 17.5 Å². The third kappa shape index (κ3) is 1.35. The summed E-state index contributed by atoms with van der Waals surface area (Å²) in [6.07, 6.45) is 6.94. The molecule has 2 aliphatic carbocycles. The molecule has 2 atom stereocenters. The van der Waals surface area contributed by atoms with Crippen LogP contribution in [0.25, 0.3) is 0 Å². The maximum absolute atomic E-state index is 11.2. The van der Waals surface area contributed by atoms with Crippen LogP contribution < -0.4 is 0 Å². The van der Waals surface area contributed by atoms with Crippen LogP contribution in [0.15, 0.2) is 0 Å². The first kappa shape index (κ1) is 10.3. The summed E-state index contributed by atoms with van der Waals surface area (Å²) in [6, 6.07) is 0. The first-order valence-electron chi connectivity index (χ1n) is 5.46. The van der Waals surface area contributed by atoms with Crippen molar-refractivity contribution < 1.29 is 9.53 Å². The second kappa shape index (κ2) is 3.41. The van der Waals surface area contributed by atoms with Crippen molar-refractivity contribution in [3.05, 3.63) is 0 Å². The lowest BCUT2D eigenvalue weighted by atomic mass is 9.84. The third-order valence-corrected chi connectivity index (χ3v) is 4.26. The molecule has 2 unspecified atom stereocenters. The van der Waals surface area contributed by atoms with Gasteiger partial charge in [-0.1, -0.05) is 13.3 Å². The fourth-order valence-corrected chi connectivity index (χ4v) is 3.17.